The number of rotatable bonds is 3. The highest BCUT2D eigenvalue weighted by molar-refractivity contribution is 7.17. The van der Waals surface area contributed by atoms with Gasteiger partial charge in [0.1, 0.15) is 0 Å². The number of carbonyl (C=O) groups excluding carboxylic acids is 1. The van der Waals surface area contributed by atoms with Crippen molar-refractivity contribution in [2.24, 2.45) is 5.41 Å². The first-order chi connectivity index (χ1) is 9.84. The Morgan fingerprint density at radius 2 is 2.19 bits per heavy atom. The molecule has 3 rings (SSSR count). The molecule has 2 heterocycles. The maximum atomic E-state index is 12.2. The van der Waals surface area contributed by atoms with Gasteiger partial charge >= 0.3 is 0 Å². The lowest BCUT2D eigenvalue weighted by molar-refractivity contribution is -0.750. The Hall–Kier alpha value is -1.69. The monoisotopic (exact) mass is 305 g/mol. The smallest absolute Gasteiger partial charge is 0.247 e. The minimum Gasteiger partial charge on any atom is -0.304 e. The van der Waals surface area contributed by atoms with Crippen LogP contribution >= 0.6 is 11.3 Å². The lowest BCUT2D eigenvalue weighted by Gasteiger charge is -2.26. The predicted molar refractivity (Wildman–Crippen MR) is 82.6 cm³/mol. The molecule has 0 radical (unpaired) electrons. The van der Waals surface area contributed by atoms with Gasteiger partial charge in [0.2, 0.25) is 12.4 Å². The first-order valence-corrected chi connectivity index (χ1v) is 7.98. The van der Waals surface area contributed by atoms with E-state index in [0.717, 1.165) is 27.8 Å². The average molecular weight is 305 g/mol. The molecule has 0 unspecified atom stereocenters. The molecular formula is C15H21N4OS+. The number of nitrogens with one attached hydrogen (secondary N) is 2. The number of nitrogens with zero attached hydrogens (tertiary/aromatic N) is 2. The number of anilines is 1. The number of hydrogen-bond donors (Lipinski definition) is 2. The van der Waals surface area contributed by atoms with Gasteiger partial charge in [0.25, 0.3) is 0 Å². The summed E-state index contributed by atoms with van der Waals surface area (Å²) in [5.74, 6) is 0.228. The summed E-state index contributed by atoms with van der Waals surface area (Å²) in [6, 6.07) is 2.10. The second kappa shape index (κ2) is 4.94. The van der Waals surface area contributed by atoms with Crippen LogP contribution in [0.5, 0.6) is 0 Å². The highest BCUT2D eigenvalue weighted by atomic mass is 32.1. The number of aryl methyl sites for hydroxylation is 2. The van der Waals surface area contributed by atoms with E-state index in [9.17, 15) is 4.79 Å². The molecule has 5 nitrogen and oxygen atoms in total. The molecule has 2 aromatic heterocycles. The standard InChI is InChI=1S/C15H20N4OS/c1-9-5-10(2)19(18-9)8-16-14-17-11-6-15(3,4)7-12(20)13(11)21-14/h5H,6-8H2,1-4H3,(H,16,17,20)/p+1. The zero-order valence-corrected chi connectivity index (χ0v) is 13.7. The van der Waals surface area contributed by atoms with Crippen molar-refractivity contribution in [3.63, 3.8) is 0 Å². The van der Waals surface area contributed by atoms with E-state index in [1.165, 1.54) is 17.0 Å². The van der Waals surface area contributed by atoms with E-state index in [2.05, 4.69) is 42.2 Å². The number of H-pyrrole nitrogens is 1. The van der Waals surface area contributed by atoms with Gasteiger partial charge in [-0.2, -0.15) is 5.10 Å². The topological polar surface area (TPSA) is 61.7 Å². The van der Waals surface area contributed by atoms with Crippen molar-refractivity contribution in [1.29, 1.82) is 0 Å². The molecule has 21 heavy (non-hydrogen) atoms. The van der Waals surface area contributed by atoms with E-state index in [4.69, 9.17) is 0 Å². The van der Waals surface area contributed by atoms with Crippen molar-refractivity contribution in [2.45, 2.75) is 47.2 Å². The van der Waals surface area contributed by atoms with Gasteiger partial charge in [0, 0.05) is 19.4 Å². The van der Waals surface area contributed by atoms with Crippen LogP contribution in [0.3, 0.4) is 0 Å². The fourth-order valence-corrected chi connectivity index (χ4v) is 3.74. The Morgan fingerprint density at radius 1 is 1.43 bits per heavy atom. The summed E-state index contributed by atoms with van der Waals surface area (Å²) in [5.41, 5.74) is 3.27. The van der Waals surface area contributed by atoms with Crippen LogP contribution in [0.25, 0.3) is 0 Å². The number of fused-ring (bicyclic) bond motifs is 1. The van der Waals surface area contributed by atoms with Gasteiger partial charge in [-0.25, -0.2) is 4.98 Å². The van der Waals surface area contributed by atoms with E-state index >= 15 is 0 Å². The number of thiazole rings is 1. The molecule has 1 aliphatic rings. The van der Waals surface area contributed by atoms with Gasteiger partial charge in [0.05, 0.1) is 16.3 Å². The molecule has 0 fully saturated rings. The summed E-state index contributed by atoms with van der Waals surface area (Å²) in [6.45, 7) is 8.97. The summed E-state index contributed by atoms with van der Waals surface area (Å²) in [6.07, 6.45) is 1.49. The Labute approximate surface area is 128 Å². The van der Waals surface area contributed by atoms with Crippen LogP contribution in [0.4, 0.5) is 5.13 Å². The highest BCUT2D eigenvalue weighted by Gasteiger charge is 2.33. The van der Waals surface area contributed by atoms with E-state index in [0.29, 0.717) is 13.1 Å². The molecule has 1 aliphatic carbocycles. The Balaban J connectivity index is 1.76. The summed E-state index contributed by atoms with van der Waals surface area (Å²) in [5, 5.41) is 7.39. The zero-order chi connectivity index (χ0) is 15.2. The number of Topliss-reactive ketones (excluding diaryl/α,β-unsaturated/α-hetero) is 1. The van der Waals surface area contributed by atoms with Gasteiger partial charge in [-0.3, -0.25) is 4.79 Å². The molecule has 0 bridgehead atoms. The molecule has 112 valence electrons. The van der Waals surface area contributed by atoms with Crippen LogP contribution < -0.4 is 10.00 Å². The Bertz CT molecular complexity index is 699. The molecule has 0 amide bonds. The van der Waals surface area contributed by atoms with E-state index in [1.54, 1.807) is 0 Å². The van der Waals surface area contributed by atoms with Crippen LogP contribution in [-0.4, -0.2) is 15.9 Å². The average Bonchev–Trinajstić information content (AvgIpc) is 2.88. The van der Waals surface area contributed by atoms with Crippen molar-refractivity contribution in [3.8, 4) is 0 Å². The number of aromatic nitrogens is 3. The molecule has 0 atom stereocenters. The van der Waals surface area contributed by atoms with E-state index in [1.807, 2.05) is 11.6 Å². The van der Waals surface area contributed by atoms with Gasteiger partial charge < -0.3 is 5.32 Å². The van der Waals surface area contributed by atoms with Gasteiger partial charge in [-0.1, -0.05) is 29.9 Å². The molecule has 0 saturated carbocycles. The zero-order valence-electron chi connectivity index (χ0n) is 12.9. The molecule has 2 aromatic rings. The first kappa shape index (κ1) is 14.3. The first-order valence-electron chi connectivity index (χ1n) is 7.17. The summed E-state index contributed by atoms with van der Waals surface area (Å²) >= 11 is 1.48. The Kier molecular flexibility index (Phi) is 3.36. The second-order valence-corrected chi connectivity index (χ2v) is 7.58. The van der Waals surface area contributed by atoms with Crippen LogP contribution in [0, 0.1) is 19.3 Å². The van der Waals surface area contributed by atoms with Crippen molar-refractivity contribution in [3.05, 3.63) is 28.0 Å². The minimum atomic E-state index is 0.0251. The molecule has 0 saturated heterocycles. The normalized spacial score (nSPS) is 16.9. The van der Waals surface area contributed by atoms with Crippen molar-refractivity contribution in [1.82, 2.24) is 10.1 Å². The minimum absolute atomic E-state index is 0.0251. The van der Waals surface area contributed by atoms with Gasteiger partial charge in [-0.05, 0) is 18.8 Å². The third kappa shape index (κ3) is 2.85. The molecule has 0 aliphatic heterocycles. The van der Waals surface area contributed by atoms with Crippen LogP contribution in [-0.2, 0) is 13.1 Å². The molecule has 6 heteroatoms. The summed E-state index contributed by atoms with van der Waals surface area (Å²) in [7, 11) is 0. The fourth-order valence-electron chi connectivity index (χ4n) is 2.83. The maximum absolute atomic E-state index is 12.2. The van der Waals surface area contributed by atoms with Crippen LogP contribution in [0.2, 0.25) is 0 Å². The van der Waals surface area contributed by atoms with Gasteiger partial charge in [0.15, 0.2) is 10.9 Å². The van der Waals surface area contributed by atoms with Crippen molar-refractivity contribution >= 4 is 22.3 Å². The summed E-state index contributed by atoms with van der Waals surface area (Å²) < 4.78 is 2.03. The van der Waals surface area contributed by atoms with E-state index < -0.39 is 0 Å². The van der Waals surface area contributed by atoms with Crippen LogP contribution in [0.1, 0.15) is 47.0 Å². The number of carbonyl (C=O) groups is 1. The third-order valence-electron chi connectivity index (χ3n) is 3.79. The lowest BCUT2D eigenvalue weighted by atomic mass is 9.78. The summed E-state index contributed by atoms with van der Waals surface area (Å²) in [4.78, 5) is 17.6. The number of aromatic amines is 1. The highest BCUT2D eigenvalue weighted by Crippen LogP contribution is 2.38. The molecule has 2 N–H and O–H groups in total. The number of hydrogen-bond acceptors (Lipinski definition) is 4. The van der Waals surface area contributed by atoms with Crippen LogP contribution in [0.15, 0.2) is 6.07 Å². The SMILES string of the molecule is Cc1cc(C)[n+](CNc2nc3c(s2)C(=O)CC(C)(C)C3)[nH]1. The number of ketones is 1. The van der Waals surface area contributed by atoms with Crippen molar-refractivity contribution in [2.75, 3.05) is 5.32 Å². The predicted octanol–water partition coefficient (Wildman–Crippen LogP) is 2.60. The largest absolute Gasteiger partial charge is 0.304 e. The molecule has 0 aromatic carbocycles. The Morgan fingerprint density at radius 3 is 2.86 bits per heavy atom. The quantitative estimate of drug-likeness (QED) is 0.857. The fraction of sp³-hybridized carbons (Fsp3) is 0.533. The third-order valence-corrected chi connectivity index (χ3v) is 4.88. The second-order valence-electron chi connectivity index (χ2n) is 6.58. The van der Waals surface area contributed by atoms with E-state index in [-0.39, 0.29) is 11.2 Å². The van der Waals surface area contributed by atoms with Crippen molar-refractivity contribution < 1.29 is 9.48 Å². The van der Waals surface area contributed by atoms with Gasteiger partial charge in [-0.15, -0.1) is 0 Å². The molecular weight excluding hydrogens is 284 g/mol. The maximum Gasteiger partial charge on any atom is 0.247 e. The lowest BCUT2D eigenvalue weighted by Crippen LogP contribution is -2.41. The molecule has 0 spiro atoms.